The van der Waals surface area contributed by atoms with Crippen LogP contribution >= 0.6 is 0 Å². The summed E-state index contributed by atoms with van der Waals surface area (Å²) in [7, 11) is 0. The van der Waals surface area contributed by atoms with E-state index in [1.54, 1.807) is 30.3 Å². The molecule has 0 spiro atoms. The largest absolute Gasteiger partial charge is 0.457 e. The molecule has 0 atom stereocenters. The molecule has 0 aromatic heterocycles. The van der Waals surface area contributed by atoms with Gasteiger partial charge in [-0.05, 0) is 48.0 Å². The minimum Gasteiger partial charge on any atom is -0.457 e. The molecule has 0 amide bonds. The zero-order chi connectivity index (χ0) is 14.4. The van der Waals surface area contributed by atoms with Gasteiger partial charge in [-0.3, -0.25) is 0 Å². The highest BCUT2D eigenvalue weighted by atomic mass is 16.5. The summed E-state index contributed by atoms with van der Waals surface area (Å²) in [5.41, 5.74) is 9.35. The topological polar surface area (TPSA) is 106 Å². The Hall–Kier alpha value is -3.47. The summed E-state index contributed by atoms with van der Waals surface area (Å²) >= 11 is 0. The van der Waals surface area contributed by atoms with E-state index in [4.69, 9.17) is 20.8 Å². The Labute approximate surface area is 114 Å². The van der Waals surface area contributed by atoms with Gasteiger partial charge in [0.25, 0.3) is 0 Å². The maximum absolute atomic E-state index is 8.93. The predicted molar refractivity (Wildman–Crippen MR) is 71.2 cm³/mol. The van der Waals surface area contributed by atoms with Gasteiger partial charge in [0, 0.05) is 10.6 Å². The Bertz CT molecular complexity index is 762. The highest BCUT2D eigenvalue weighted by Gasteiger charge is 2.04. The van der Waals surface area contributed by atoms with Crippen LogP contribution in [0.4, 0.5) is 5.69 Å². The van der Waals surface area contributed by atoms with Crippen LogP contribution in [0.25, 0.3) is 10.4 Å². The van der Waals surface area contributed by atoms with Crippen molar-refractivity contribution in [1.82, 2.24) is 0 Å². The van der Waals surface area contributed by atoms with Crippen LogP contribution in [0.15, 0.2) is 47.6 Å². The quantitative estimate of drug-likeness (QED) is 0.470. The molecule has 0 saturated heterocycles. The van der Waals surface area contributed by atoms with Crippen LogP contribution < -0.4 is 4.74 Å². The van der Waals surface area contributed by atoms with Crippen LogP contribution in [0.2, 0.25) is 0 Å². The van der Waals surface area contributed by atoms with Gasteiger partial charge in [-0.1, -0.05) is 5.11 Å². The zero-order valence-electron chi connectivity index (χ0n) is 10.2. The average molecular weight is 261 g/mol. The third kappa shape index (κ3) is 2.85. The lowest BCUT2D eigenvalue weighted by Crippen LogP contribution is -1.88. The Balaban J connectivity index is 2.24. The summed E-state index contributed by atoms with van der Waals surface area (Å²) < 4.78 is 5.56. The van der Waals surface area contributed by atoms with Gasteiger partial charge in [0.15, 0.2) is 0 Å². The van der Waals surface area contributed by atoms with Crippen LogP contribution in [0.1, 0.15) is 11.1 Å². The second-order valence-electron chi connectivity index (χ2n) is 3.72. The van der Waals surface area contributed by atoms with Crippen molar-refractivity contribution in [3.05, 3.63) is 64.0 Å². The molecule has 0 N–H and O–H groups in total. The monoisotopic (exact) mass is 261 g/mol. The van der Waals surface area contributed by atoms with E-state index in [1.807, 2.05) is 12.1 Å². The molecule has 0 aliphatic heterocycles. The Morgan fingerprint density at radius 2 is 1.60 bits per heavy atom. The number of ether oxygens (including phenoxy) is 1. The van der Waals surface area contributed by atoms with Crippen molar-refractivity contribution in [2.24, 2.45) is 5.11 Å². The molecule has 0 fully saturated rings. The number of hydrogen-bond donors (Lipinski definition) is 0. The van der Waals surface area contributed by atoms with Crippen LogP contribution in [0, 0.1) is 22.7 Å². The van der Waals surface area contributed by atoms with Gasteiger partial charge < -0.3 is 4.74 Å². The van der Waals surface area contributed by atoms with Crippen molar-refractivity contribution in [3.8, 4) is 23.6 Å². The second-order valence-corrected chi connectivity index (χ2v) is 3.72. The third-order valence-electron chi connectivity index (χ3n) is 2.46. The van der Waals surface area contributed by atoms with Crippen molar-refractivity contribution in [2.45, 2.75) is 0 Å². The summed E-state index contributed by atoms with van der Waals surface area (Å²) in [6.45, 7) is 0. The normalized spacial score (nSPS) is 8.90. The van der Waals surface area contributed by atoms with Crippen LogP contribution in [0.3, 0.4) is 0 Å². The minimum absolute atomic E-state index is 0.260. The first-order chi connectivity index (χ1) is 9.76. The van der Waals surface area contributed by atoms with Crippen molar-refractivity contribution in [3.63, 3.8) is 0 Å². The molecule has 2 rings (SSSR count). The van der Waals surface area contributed by atoms with E-state index in [0.29, 0.717) is 22.7 Å². The number of nitriles is 2. The third-order valence-corrected chi connectivity index (χ3v) is 2.46. The molecule has 2 aromatic rings. The van der Waals surface area contributed by atoms with E-state index >= 15 is 0 Å². The van der Waals surface area contributed by atoms with Gasteiger partial charge in [0.05, 0.1) is 11.1 Å². The Kier molecular flexibility index (Phi) is 3.84. The van der Waals surface area contributed by atoms with Gasteiger partial charge in [0.1, 0.15) is 23.6 Å². The van der Waals surface area contributed by atoms with Gasteiger partial charge in [-0.25, -0.2) is 0 Å². The van der Waals surface area contributed by atoms with Gasteiger partial charge in [0.2, 0.25) is 0 Å². The summed E-state index contributed by atoms with van der Waals surface area (Å²) in [5, 5.41) is 21.2. The molecule has 6 nitrogen and oxygen atoms in total. The van der Waals surface area contributed by atoms with Crippen molar-refractivity contribution in [2.75, 3.05) is 0 Å². The molecule has 0 radical (unpaired) electrons. The maximum Gasteiger partial charge on any atom is 0.128 e. The summed E-state index contributed by atoms with van der Waals surface area (Å²) in [6, 6.07) is 15.0. The summed E-state index contributed by atoms with van der Waals surface area (Å²) in [6.07, 6.45) is 0. The number of rotatable bonds is 3. The molecule has 0 heterocycles. The minimum atomic E-state index is 0.260. The first-order valence-electron chi connectivity index (χ1n) is 5.54. The first kappa shape index (κ1) is 13.0. The van der Waals surface area contributed by atoms with Crippen molar-refractivity contribution < 1.29 is 4.74 Å². The molecule has 0 aliphatic carbocycles. The number of azide groups is 1. The predicted octanol–water partition coefficient (Wildman–Crippen LogP) is 4.16. The second kappa shape index (κ2) is 5.92. The zero-order valence-corrected chi connectivity index (χ0v) is 10.2. The smallest absolute Gasteiger partial charge is 0.128 e. The SMILES string of the molecule is N#Cc1ccc(Oc2ccc(N=[N+]=[N-])cc2)cc1C#N. The van der Waals surface area contributed by atoms with E-state index in [-0.39, 0.29) is 5.56 Å². The number of nitrogens with zero attached hydrogens (tertiary/aromatic N) is 5. The average Bonchev–Trinajstić information content (AvgIpc) is 2.49. The lowest BCUT2D eigenvalue weighted by molar-refractivity contribution is 0.482. The molecule has 0 unspecified atom stereocenters. The fraction of sp³-hybridized carbons (Fsp3) is 0. The van der Waals surface area contributed by atoms with Crippen molar-refractivity contribution >= 4 is 5.69 Å². The highest BCUT2D eigenvalue weighted by molar-refractivity contribution is 5.50. The molecule has 0 aliphatic rings. The first-order valence-corrected chi connectivity index (χ1v) is 5.54. The molecule has 0 bridgehead atoms. The maximum atomic E-state index is 8.93. The van der Waals surface area contributed by atoms with Crippen LogP contribution in [-0.4, -0.2) is 0 Å². The Morgan fingerprint density at radius 3 is 2.20 bits per heavy atom. The standard InChI is InChI=1S/C14H7N5O/c15-8-10-1-4-14(7-11(10)9-16)20-13-5-2-12(3-6-13)18-19-17/h1-7H. The lowest BCUT2D eigenvalue weighted by atomic mass is 10.1. The molecule has 94 valence electrons. The molecular formula is C14H7N5O. The molecule has 20 heavy (non-hydrogen) atoms. The Morgan fingerprint density at radius 1 is 0.950 bits per heavy atom. The molecule has 2 aromatic carbocycles. The van der Waals surface area contributed by atoms with E-state index in [1.165, 1.54) is 12.1 Å². The fourth-order valence-corrected chi connectivity index (χ4v) is 1.55. The lowest BCUT2D eigenvalue weighted by Gasteiger charge is -2.06. The number of hydrogen-bond acceptors (Lipinski definition) is 4. The van der Waals surface area contributed by atoms with E-state index in [0.717, 1.165) is 0 Å². The van der Waals surface area contributed by atoms with Crippen LogP contribution in [-0.2, 0) is 0 Å². The fourth-order valence-electron chi connectivity index (χ4n) is 1.55. The van der Waals surface area contributed by atoms with Gasteiger partial charge in [-0.15, -0.1) is 0 Å². The van der Waals surface area contributed by atoms with E-state index < -0.39 is 0 Å². The van der Waals surface area contributed by atoms with Gasteiger partial charge in [-0.2, -0.15) is 10.5 Å². The summed E-state index contributed by atoms with van der Waals surface area (Å²) in [5.74, 6) is 0.993. The van der Waals surface area contributed by atoms with Crippen molar-refractivity contribution in [1.29, 1.82) is 10.5 Å². The van der Waals surface area contributed by atoms with E-state index in [9.17, 15) is 0 Å². The summed E-state index contributed by atoms with van der Waals surface area (Å²) in [4.78, 5) is 2.68. The van der Waals surface area contributed by atoms with E-state index in [2.05, 4.69) is 10.0 Å². The van der Waals surface area contributed by atoms with Crippen LogP contribution in [0.5, 0.6) is 11.5 Å². The highest BCUT2D eigenvalue weighted by Crippen LogP contribution is 2.25. The molecule has 0 saturated carbocycles. The molecule has 6 heteroatoms. The van der Waals surface area contributed by atoms with Gasteiger partial charge >= 0.3 is 0 Å². The molecular weight excluding hydrogens is 254 g/mol. The number of benzene rings is 2.